The van der Waals surface area contributed by atoms with Gasteiger partial charge in [0.2, 0.25) is 0 Å². The summed E-state index contributed by atoms with van der Waals surface area (Å²) in [6, 6.07) is 0. The van der Waals surface area contributed by atoms with E-state index >= 15 is 0 Å². The highest BCUT2D eigenvalue weighted by molar-refractivity contribution is 9.10. The number of hydrogen-bond donors (Lipinski definition) is 0. The predicted octanol–water partition coefficient (Wildman–Crippen LogP) is 1.73. The molecule has 0 aliphatic heterocycles. The van der Waals surface area contributed by atoms with Crippen LogP contribution in [-0.2, 0) is 38.4 Å². The highest BCUT2D eigenvalue weighted by Gasteiger charge is 2.31. The lowest BCUT2D eigenvalue weighted by Crippen LogP contribution is -2.29. The van der Waals surface area contributed by atoms with Gasteiger partial charge in [-0.25, -0.2) is 0 Å². The van der Waals surface area contributed by atoms with E-state index < -0.39 is 17.9 Å². The Labute approximate surface area is 126 Å². The highest BCUT2D eigenvalue weighted by atomic mass is 79.9. The first kappa shape index (κ1) is 16.7. The molecule has 0 amide bonds. The second kappa shape index (κ2) is 7.42. The first-order valence-electron chi connectivity index (χ1n) is 6.39. The normalized spacial score (nSPS) is 10.7. The average Bonchev–Trinajstić information content (AvgIpc) is 2.78. The van der Waals surface area contributed by atoms with Crippen LogP contribution in [0.15, 0.2) is 4.47 Å². The lowest BCUT2D eigenvalue weighted by Gasteiger charge is -2.13. The second-order valence-electron chi connectivity index (χ2n) is 4.18. The minimum Gasteiger partial charge on any atom is -0.468 e. The SMILES string of the molecule is CCc1nn(CC)c(CC(C(=O)OC)C(=O)OC)c1Br. The molecule has 20 heavy (non-hydrogen) atoms. The van der Waals surface area contributed by atoms with Crippen LogP contribution in [-0.4, -0.2) is 35.9 Å². The van der Waals surface area contributed by atoms with E-state index in [0.717, 1.165) is 22.3 Å². The fraction of sp³-hybridized carbons (Fsp3) is 0.615. The summed E-state index contributed by atoms with van der Waals surface area (Å²) < 4.78 is 12.0. The number of carbonyl (C=O) groups is 2. The van der Waals surface area contributed by atoms with Crippen molar-refractivity contribution < 1.29 is 19.1 Å². The van der Waals surface area contributed by atoms with Crippen LogP contribution in [0, 0.1) is 5.92 Å². The first-order chi connectivity index (χ1) is 9.49. The number of rotatable bonds is 6. The van der Waals surface area contributed by atoms with Crippen LogP contribution in [0.2, 0.25) is 0 Å². The van der Waals surface area contributed by atoms with Gasteiger partial charge in [0.25, 0.3) is 0 Å². The van der Waals surface area contributed by atoms with Gasteiger partial charge in [0.1, 0.15) is 0 Å². The number of aromatic nitrogens is 2. The van der Waals surface area contributed by atoms with Gasteiger partial charge >= 0.3 is 11.9 Å². The van der Waals surface area contributed by atoms with Gasteiger partial charge in [-0.3, -0.25) is 14.3 Å². The van der Waals surface area contributed by atoms with Crippen LogP contribution in [0.1, 0.15) is 25.2 Å². The van der Waals surface area contributed by atoms with Crippen LogP contribution < -0.4 is 0 Å². The molecule has 0 N–H and O–H groups in total. The Bertz CT molecular complexity index is 483. The number of nitrogens with zero attached hydrogens (tertiary/aromatic N) is 2. The number of halogens is 1. The summed E-state index contributed by atoms with van der Waals surface area (Å²) in [6.07, 6.45) is 0.961. The van der Waals surface area contributed by atoms with Crippen molar-refractivity contribution in [1.29, 1.82) is 0 Å². The van der Waals surface area contributed by atoms with E-state index in [9.17, 15) is 9.59 Å². The highest BCUT2D eigenvalue weighted by Crippen LogP contribution is 2.25. The van der Waals surface area contributed by atoms with Crippen molar-refractivity contribution >= 4 is 27.9 Å². The molecule has 1 aromatic rings. The summed E-state index contributed by atoms with van der Waals surface area (Å²) in [7, 11) is 2.50. The maximum Gasteiger partial charge on any atom is 0.320 e. The summed E-state index contributed by atoms with van der Waals surface area (Å²) in [4.78, 5) is 23.5. The number of ether oxygens (including phenoxy) is 2. The number of esters is 2. The second-order valence-corrected chi connectivity index (χ2v) is 4.97. The summed E-state index contributed by atoms with van der Waals surface area (Å²) in [5.74, 6) is -2.19. The Morgan fingerprint density at radius 1 is 1.25 bits per heavy atom. The smallest absolute Gasteiger partial charge is 0.320 e. The minimum atomic E-state index is -0.979. The van der Waals surface area contributed by atoms with Gasteiger partial charge in [-0.05, 0) is 29.3 Å². The van der Waals surface area contributed by atoms with Crippen molar-refractivity contribution in [2.24, 2.45) is 5.92 Å². The lowest BCUT2D eigenvalue weighted by atomic mass is 10.0. The fourth-order valence-electron chi connectivity index (χ4n) is 1.95. The van der Waals surface area contributed by atoms with Crippen molar-refractivity contribution in [3.8, 4) is 0 Å². The molecule has 1 aromatic heterocycles. The molecule has 6 nitrogen and oxygen atoms in total. The van der Waals surface area contributed by atoms with Gasteiger partial charge in [0.05, 0.1) is 30.1 Å². The molecule has 0 saturated heterocycles. The van der Waals surface area contributed by atoms with Gasteiger partial charge in [-0.1, -0.05) is 6.92 Å². The molecule has 0 bridgehead atoms. The molecule has 0 radical (unpaired) electrons. The predicted molar refractivity (Wildman–Crippen MR) is 76.2 cm³/mol. The molecule has 1 rings (SSSR count). The van der Waals surface area contributed by atoms with Gasteiger partial charge < -0.3 is 9.47 Å². The largest absolute Gasteiger partial charge is 0.468 e. The molecule has 0 aromatic carbocycles. The summed E-state index contributed by atoms with van der Waals surface area (Å²) in [5.41, 5.74) is 1.69. The van der Waals surface area contributed by atoms with Crippen molar-refractivity contribution in [1.82, 2.24) is 9.78 Å². The quantitative estimate of drug-likeness (QED) is 0.579. The molecule has 0 spiro atoms. The molecule has 1 heterocycles. The molecular formula is C13H19BrN2O4. The zero-order chi connectivity index (χ0) is 15.3. The van der Waals surface area contributed by atoms with E-state index in [1.54, 1.807) is 4.68 Å². The molecule has 0 saturated carbocycles. The van der Waals surface area contributed by atoms with Crippen LogP contribution >= 0.6 is 15.9 Å². The Hall–Kier alpha value is -1.37. The number of carbonyl (C=O) groups excluding carboxylic acids is 2. The van der Waals surface area contributed by atoms with Crippen LogP contribution in [0.4, 0.5) is 0 Å². The van der Waals surface area contributed by atoms with Crippen molar-refractivity contribution in [2.45, 2.75) is 33.2 Å². The number of aryl methyl sites for hydroxylation is 2. The van der Waals surface area contributed by atoms with E-state index in [0.29, 0.717) is 6.54 Å². The van der Waals surface area contributed by atoms with Crippen LogP contribution in [0.5, 0.6) is 0 Å². The lowest BCUT2D eigenvalue weighted by molar-refractivity contribution is -0.158. The van der Waals surface area contributed by atoms with Gasteiger partial charge in [-0.15, -0.1) is 0 Å². The third kappa shape index (κ3) is 3.39. The average molecular weight is 347 g/mol. The summed E-state index contributed by atoms with van der Waals surface area (Å²) >= 11 is 3.49. The monoisotopic (exact) mass is 346 g/mol. The molecule has 0 aliphatic carbocycles. The molecule has 112 valence electrons. The van der Waals surface area contributed by atoms with E-state index in [-0.39, 0.29) is 6.42 Å². The summed E-state index contributed by atoms with van der Waals surface area (Å²) in [6.45, 7) is 4.60. The summed E-state index contributed by atoms with van der Waals surface area (Å²) in [5, 5.41) is 4.44. The van der Waals surface area contributed by atoms with Gasteiger partial charge in [0, 0.05) is 13.0 Å². The standard InChI is InChI=1S/C13H19BrN2O4/c1-5-9-11(14)10(16(6-2)15-9)7-8(12(17)19-3)13(18)20-4/h8H,5-7H2,1-4H3. The fourth-order valence-corrected chi connectivity index (χ4v) is 2.68. The van der Waals surface area contributed by atoms with E-state index in [4.69, 9.17) is 0 Å². The Morgan fingerprint density at radius 2 is 1.80 bits per heavy atom. The van der Waals surface area contributed by atoms with Crippen molar-refractivity contribution in [2.75, 3.05) is 14.2 Å². The molecule has 0 atom stereocenters. The molecular weight excluding hydrogens is 328 g/mol. The van der Waals surface area contributed by atoms with Crippen LogP contribution in [0.25, 0.3) is 0 Å². The maximum atomic E-state index is 11.7. The third-order valence-electron chi connectivity index (χ3n) is 3.06. The zero-order valence-electron chi connectivity index (χ0n) is 12.1. The van der Waals surface area contributed by atoms with E-state index in [1.165, 1.54) is 14.2 Å². The Kier molecular flexibility index (Phi) is 6.19. The van der Waals surface area contributed by atoms with Gasteiger partial charge in [0.15, 0.2) is 5.92 Å². The molecule has 0 fully saturated rings. The van der Waals surface area contributed by atoms with E-state index in [1.807, 2.05) is 13.8 Å². The Morgan fingerprint density at radius 3 is 2.20 bits per heavy atom. The third-order valence-corrected chi connectivity index (χ3v) is 3.98. The maximum absolute atomic E-state index is 11.7. The van der Waals surface area contributed by atoms with Crippen molar-refractivity contribution in [3.63, 3.8) is 0 Å². The molecule has 0 aliphatic rings. The minimum absolute atomic E-state index is 0.195. The first-order valence-corrected chi connectivity index (χ1v) is 7.19. The van der Waals surface area contributed by atoms with Crippen LogP contribution in [0.3, 0.4) is 0 Å². The molecule has 0 unspecified atom stereocenters. The van der Waals surface area contributed by atoms with E-state index in [2.05, 4.69) is 30.5 Å². The number of hydrogen-bond acceptors (Lipinski definition) is 5. The Balaban J connectivity index is 3.13. The van der Waals surface area contributed by atoms with Crippen molar-refractivity contribution in [3.05, 3.63) is 15.9 Å². The number of methoxy groups -OCH3 is 2. The topological polar surface area (TPSA) is 70.4 Å². The zero-order valence-corrected chi connectivity index (χ0v) is 13.7. The molecule has 7 heteroatoms. The van der Waals surface area contributed by atoms with Gasteiger partial charge in [-0.2, -0.15) is 5.10 Å².